The summed E-state index contributed by atoms with van der Waals surface area (Å²) in [6.45, 7) is 18.8. The number of anilines is 1. The summed E-state index contributed by atoms with van der Waals surface area (Å²) in [5.74, 6) is 0.838. The van der Waals surface area contributed by atoms with Gasteiger partial charge in [0.1, 0.15) is 5.75 Å². The minimum atomic E-state index is -0.258. The van der Waals surface area contributed by atoms with Crippen LogP contribution in [0.1, 0.15) is 43.4 Å². The zero-order valence-electron chi connectivity index (χ0n) is 27.3. The lowest BCUT2D eigenvalue weighted by Crippen LogP contribution is -2.45. The highest BCUT2D eigenvalue weighted by Gasteiger charge is 2.33. The Hall–Kier alpha value is -4.36. The molecule has 5 rings (SSSR count). The van der Waals surface area contributed by atoms with Gasteiger partial charge < -0.3 is 19.1 Å². The van der Waals surface area contributed by atoms with E-state index < -0.39 is 0 Å². The van der Waals surface area contributed by atoms with E-state index in [0.717, 1.165) is 82.0 Å². The summed E-state index contributed by atoms with van der Waals surface area (Å²) in [6, 6.07) is 16.9. The third-order valence-corrected chi connectivity index (χ3v) is 8.80. The van der Waals surface area contributed by atoms with Gasteiger partial charge in [-0.25, -0.2) is 4.52 Å². The second-order valence-corrected chi connectivity index (χ2v) is 12.4. The van der Waals surface area contributed by atoms with Gasteiger partial charge in [-0.15, -0.1) is 13.2 Å². The number of benzene rings is 2. The lowest BCUT2D eigenvalue weighted by molar-refractivity contribution is -0.139. The van der Waals surface area contributed by atoms with Gasteiger partial charge in [-0.1, -0.05) is 48.9 Å². The number of esters is 1. The highest BCUT2D eigenvalue weighted by atomic mass is 16.5. The number of hydrogen-bond donors (Lipinski definition) is 0. The summed E-state index contributed by atoms with van der Waals surface area (Å²) in [5.41, 5.74) is 8.90. The van der Waals surface area contributed by atoms with E-state index in [2.05, 4.69) is 81.3 Å². The molecule has 1 fully saturated rings. The Balaban J connectivity index is 1.55. The largest absolute Gasteiger partial charge is 0.492 e. The lowest BCUT2D eigenvalue weighted by Gasteiger charge is -2.41. The molecule has 0 spiro atoms. The quantitative estimate of drug-likeness (QED) is 0.121. The van der Waals surface area contributed by atoms with Crippen molar-refractivity contribution in [3.8, 4) is 28.1 Å². The Morgan fingerprint density at radius 1 is 1.09 bits per heavy atom. The van der Waals surface area contributed by atoms with Crippen molar-refractivity contribution in [2.24, 2.45) is 5.92 Å². The molecule has 0 bridgehead atoms. The second kappa shape index (κ2) is 13.7. The number of nitrogens with zero attached hydrogens (tertiary/aromatic N) is 3. The maximum atomic E-state index is 12.6. The van der Waals surface area contributed by atoms with E-state index in [1.165, 1.54) is 7.11 Å². The minimum Gasteiger partial charge on any atom is -0.492 e. The van der Waals surface area contributed by atoms with Crippen LogP contribution < -0.4 is 9.64 Å². The molecule has 0 aliphatic carbocycles. The Bertz CT molecular complexity index is 1700. The van der Waals surface area contributed by atoms with Gasteiger partial charge >= 0.3 is 5.97 Å². The van der Waals surface area contributed by atoms with Gasteiger partial charge in [0.25, 0.3) is 0 Å². The number of aryl methyl sites for hydroxylation is 2. The lowest BCUT2D eigenvalue weighted by atomic mass is 9.92. The van der Waals surface area contributed by atoms with Crippen LogP contribution in [0.2, 0.25) is 0 Å². The van der Waals surface area contributed by atoms with E-state index in [4.69, 9.17) is 19.3 Å². The number of carbonyl (C=O) groups excluding carboxylic acids is 1. The molecule has 0 radical (unpaired) electrons. The predicted octanol–water partition coefficient (Wildman–Crippen LogP) is 7.76. The zero-order valence-corrected chi connectivity index (χ0v) is 27.3. The van der Waals surface area contributed by atoms with Crippen LogP contribution in [0.5, 0.6) is 5.75 Å². The van der Waals surface area contributed by atoms with E-state index in [9.17, 15) is 4.79 Å². The molecule has 4 aromatic rings. The van der Waals surface area contributed by atoms with E-state index in [1.54, 1.807) is 6.08 Å². The molecule has 0 amide bonds. The second-order valence-electron chi connectivity index (χ2n) is 12.4. The number of rotatable bonds is 12. The maximum absolute atomic E-state index is 12.6. The summed E-state index contributed by atoms with van der Waals surface area (Å²) in [7, 11) is 1.44. The van der Waals surface area contributed by atoms with Crippen LogP contribution in [-0.2, 0) is 20.7 Å². The Morgan fingerprint density at radius 2 is 1.84 bits per heavy atom. The first-order valence-corrected chi connectivity index (χ1v) is 15.7. The molecule has 45 heavy (non-hydrogen) atoms. The molecule has 1 aliphatic rings. The number of ether oxygens (including phenoxy) is 3. The summed E-state index contributed by atoms with van der Waals surface area (Å²) < 4.78 is 19.4. The highest BCUT2D eigenvalue weighted by molar-refractivity contribution is 5.86. The predicted molar refractivity (Wildman–Crippen MR) is 182 cm³/mol. The van der Waals surface area contributed by atoms with Crippen LogP contribution in [0, 0.1) is 19.8 Å². The maximum Gasteiger partial charge on any atom is 0.310 e. The number of methoxy groups -OCH3 is 1. The van der Waals surface area contributed by atoms with Crippen molar-refractivity contribution in [1.29, 1.82) is 0 Å². The molecule has 7 heteroatoms. The van der Waals surface area contributed by atoms with Gasteiger partial charge in [0.05, 0.1) is 49.2 Å². The van der Waals surface area contributed by atoms with Gasteiger partial charge in [-0.3, -0.25) is 4.79 Å². The van der Waals surface area contributed by atoms with Crippen molar-refractivity contribution < 1.29 is 19.0 Å². The number of hydrogen-bond acceptors (Lipinski definition) is 6. The molecule has 0 N–H and O–H groups in total. The Labute approximate surface area is 267 Å². The fourth-order valence-corrected chi connectivity index (χ4v) is 5.94. The normalized spacial score (nSPS) is 15.1. The van der Waals surface area contributed by atoms with Crippen molar-refractivity contribution in [3.05, 3.63) is 96.7 Å². The van der Waals surface area contributed by atoms with E-state index in [1.807, 2.05) is 29.8 Å². The standard InChI is InChI=1S/C38H45N3O4/c1-8-19-45-38(6)15-17-40(18-16-38)37-31(22-36(42)43-7)28(5)24-41-34(37)23-33(39-41)30-12-10-11-29(21-30)32-20-27(4)13-14-35(32)44-25-26(3)9-2/h8-14,20-21,23-24,26H,1-2,15-19,22,25H2,3-7H3. The molecule has 0 saturated carbocycles. The average molecular weight is 608 g/mol. The van der Waals surface area contributed by atoms with E-state index in [0.29, 0.717) is 13.2 Å². The molecular formula is C38H45N3O4. The van der Waals surface area contributed by atoms with Crippen molar-refractivity contribution >= 4 is 17.2 Å². The molecular weight excluding hydrogens is 562 g/mol. The van der Waals surface area contributed by atoms with Gasteiger partial charge in [-0.2, -0.15) is 5.10 Å². The average Bonchev–Trinajstić information content (AvgIpc) is 3.47. The summed E-state index contributed by atoms with van der Waals surface area (Å²) >= 11 is 0. The van der Waals surface area contributed by atoms with E-state index >= 15 is 0 Å². The smallest absolute Gasteiger partial charge is 0.310 e. The van der Waals surface area contributed by atoms with Crippen LogP contribution in [0.3, 0.4) is 0 Å². The fourth-order valence-electron chi connectivity index (χ4n) is 5.94. The first-order valence-electron chi connectivity index (χ1n) is 15.7. The number of piperidine rings is 1. The monoisotopic (exact) mass is 607 g/mol. The zero-order chi connectivity index (χ0) is 32.1. The molecule has 236 valence electrons. The summed E-state index contributed by atoms with van der Waals surface area (Å²) in [6.07, 6.45) is 7.66. The van der Waals surface area contributed by atoms with Crippen molar-refractivity contribution in [2.45, 2.75) is 52.6 Å². The van der Waals surface area contributed by atoms with E-state index in [-0.39, 0.29) is 23.9 Å². The first-order chi connectivity index (χ1) is 21.6. The van der Waals surface area contributed by atoms with Gasteiger partial charge in [0.15, 0.2) is 0 Å². The number of pyridine rings is 1. The van der Waals surface area contributed by atoms with Crippen molar-refractivity contribution in [2.75, 3.05) is 38.3 Å². The number of aromatic nitrogens is 2. The fraction of sp³-hybridized carbons (Fsp3) is 0.368. The van der Waals surface area contributed by atoms with Crippen molar-refractivity contribution in [3.63, 3.8) is 0 Å². The third-order valence-electron chi connectivity index (χ3n) is 8.80. The van der Waals surface area contributed by atoms with Crippen LogP contribution in [0.25, 0.3) is 27.9 Å². The van der Waals surface area contributed by atoms with Gasteiger partial charge in [-0.05, 0) is 74.6 Å². The van der Waals surface area contributed by atoms with Crippen LogP contribution in [-0.4, -0.2) is 54.6 Å². The Morgan fingerprint density at radius 3 is 2.56 bits per heavy atom. The molecule has 2 aromatic carbocycles. The molecule has 1 aliphatic heterocycles. The van der Waals surface area contributed by atoms with Crippen molar-refractivity contribution in [1.82, 2.24) is 9.61 Å². The van der Waals surface area contributed by atoms with Crippen LogP contribution >= 0.6 is 0 Å². The minimum absolute atomic E-state index is 0.200. The summed E-state index contributed by atoms with van der Waals surface area (Å²) in [4.78, 5) is 14.9. The number of fused-ring (bicyclic) bond motifs is 1. The number of carbonyl (C=O) groups is 1. The molecule has 1 atom stereocenters. The topological polar surface area (TPSA) is 65.3 Å². The SMILES string of the molecule is C=CCOC1(C)CCN(c2c(CC(=O)OC)c(C)cn3nc(-c4cccc(-c5cc(C)ccc5OCC(C)C=C)c4)cc23)CC1. The molecule has 2 aromatic heterocycles. The van der Waals surface area contributed by atoms with Gasteiger partial charge in [0.2, 0.25) is 0 Å². The van der Waals surface area contributed by atoms with Gasteiger partial charge in [0, 0.05) is 36.3 Å². The highest BCUT2D eigenvalue weighted by Crippen LogP contribution is 2.38. The molecule has 1 unspecified atom stereocenters. The first kappa shape index (κ1) is 32.0. The third kappa shape index (κ3) is 7.15. The summed E-state index contributed by atoms with van der Waals surface area (Å²) in [5, 5.41) is 5.05. The molecule has 3 heterocycles. The molecule has 7 nitrogen and oxygen atoms in total. The van der Waals surface area contributed by atoms with Crippen LogP contribution in [0.15, 0.2) is 80.0 Å². The van der Waals surface area contributed by atoms with Crippen LogP contribution in [0.4, 0.5) is 5.69 Å². The Kier molecular flexibility index (Phi) is 9.78. The molecule has 1 saturated heterocycles.